The van der Waals surface area contributed by atoms with Crippen molar-refractivity contribution in [3.8, 4) is 0 Å². The number of rotatable bonds is 5. The minimum Gasteiger partial charge on any atom is -0.381 e. The first-order valence-electron chi connectivity index (χ1n) is 9.57. The van der Waals surface area contributed by atoms with E-state index in [0.29, 0.717) is 17.1 Å². The minimum absolute atomic E-state index is 0.115. The van der Waals surface area contributed by atoms with Gasteiger partial charge in [0.15, 0.2) is 0 Å². The maximum Gasteiger partial charge on any atom is 0.416 e. The fraction of sp³-hybridized carbons (Fsp3) is 0.286. The third-order valence-electron chi connectivity index (χ3n) is 5.54. The number of hydrogen-bond acceptors (Lipinski definition) is 4. The van der Waals surface area contributed by atoms with E-state index in [1.54, 1.807) is 6.92 Å². The molecule has 32 heavy (non-hydrogen) atoms. The number of aryl methyl sites for hydroxylation is 1. The van der Waals surface area contributed by atoms with Gasteiger partial charge in [0.25, 0.3) is 0 Å². The topological polar surface area (TPSA) is 68.8 Å². The number of fused-ring (bicyclic) bond motifs is 1. The van der Waals surface area contributed by atoms with E-state index in [1.807, 2.05) is 0 Å². The second-order valence-corrected chi connectivity index (χ2v) is 7.58. The van der Waals surface area contributed by atoms with Crippen molar-refractivity contribution in [3.63, 3.8) is 0 Å². The van der Waals surface area contributed by atoms with Crippen molar-refractivity contribution in [3.05, 3.63) is 77.5 Å². The van der Waals surface area contributed by atoms with Crippen LogP contribution in [0.1, 0.15) is 29.8 Å². The van der Waals surface area contributed by atoms with E-state index in [4.69, 9.17) is 0 Å². The molecule has 2 aromatic heterocycles. The van der Waals surface area contributed by atoms with Crippen LogP contribution in [-0.4, -0.2) is 29.7 Å². The van der Waals surface area contributed by atoms with Crippen LogP contribution in [0.25, 0.3) is 10.9 Å². The van der Waals surface area contributed by atoms with Crippen LogP contribution >= 0.6 is 0 Å². The lowest BCUT2D eigenvalue weighted by molar-refractivity contribution is -0.137. The van der Waals surface area contributed by atoms with Crippen molar-refractivity contribution < 1.29 is 27.1 Å². The van der Waals surface area contributed by atoms with Gasteiger partial charge in [-0.1, -0.05) is 12.1 Å². The van der Waals surface area contributed by atoms with Gasteiger partial charge in [0.05, 0.1) is 29.4 Å². The van der Waals surface area contributed by atoms with Gasteiger partial charge in [-0.05, 0) is 32.0 Å². The predicted octanol–water partition coefficient (Wildman–Crippen LogP) is 4.38. The van der Waals surface area contributed by atoms with Crippen molar-refractivity contribution in [2.24, 2.45) is 0 Å². The first kappa shape index (κ1) is 21.9. The van der Waals surface area contributed by atoms with Gasteiger partial charge >= 0.3 is 6.18 Å². The summed E-state index contributed by atoms with van der Waals surface area (Å²) in [5.74, 6) is -1.85. The summed E-state index contributed by atoms with van der Waals surface area (Å²) >= 11 is 0. The highest BCUT2D eigenvalue weighted by atomic mass is 19.4. The van der Waals surface area contributed by atoms with Crippen LogP contribution in [0, 0.1) is 18.6 Å². The molecule has 0 amide bonds. The van der Waals surface area contributed by atoms with Crippen molar-refractivity contribution in [1.29, 1.82) is 0 Å². The molecular weight excluding hydrogens is 433 g/mol. The number of aromatic nitrogens is 5. The largest absolute Gasteiger partial charge is 0.416 e. The smallest absolute Gasteiger partial charge is 0.381 e. The summed E-state index contributed by atoms with van der Waals surface area (Å²) in [6.07, 6.45) is -2.07. The second kappa shape index (κ2) is 7.66. The number of nitrogens with zero attached hydrogens (tertiary/aromatic N) is 5. The summed E-state index contributed by atoms with van der Waals surface area (Å²) in [6, 6.07) is 4.83. The van der Waals surface area contributed by atoms with Gasteiger partial charge in [0, 0.05) is 17.0 Å². The summed E-state index contributed by atoms with van der Waals surface area (Å²) in [5.41, 5.74) is -2.65. The molecule has 0 saturated carbocycles. The fourth-order valence-corrected chi connectivity index (χ4v) is 3.81. The molecule has 0 aliphatic rings. The SMILES string of the molecule is Cc1nn([C@H](C)[C@](O)(Cn2cncn2)c2ccc(F)cc2F)c2cc(C(F)(F)F)ccc12. The Bertz CT molecular complexity index is 1270. The Hall–Kier alpha value is -3.34. The zero-order valence-electron chi connectivity index (χ0n) is 17.0. The summed E-state index contributed by atoms with van der Waals surface area (Å²) in [4.78, 5) is 3.80. The second-order valence-electron chi connectivity index (χ2n) is 7.58. The molecule has 168 valence electrons. The van der Waals surface area contributed by atoms with E-state index in [9.17, 15) is 27.1 Å². The van der Waals surface area contributed by atoms with E-state index in [0.717, 1.165) is 24.3 Å². The molecule has 0 unspecified atom stereocenters. The molecule has 1 N–H and O–H groups in total. The lowest BCUT2D eigenvalue weighted by Gasteiger charge is -2.35. The molecule has 4 rings (SSSR count). The average molecular weight is 451 g/mol. The molecule has 2 atom stereocenters. The van der Waals surface area contributed by atoms with E-state index in [-0.39, 0.29) is 17.6 Å². The van der Waals surface area contributed by atoms with Gasteiger partial charge in [-0.25, -0.2) is 18.4 Å². The quantitative estimate of drug-likeness (QED) is 0.458. The van der Waals surface area contributed by atoms with Crippen LogP contribution in [0.15, 0.2) is 49.1 Å². The molecule has 2 aromatic carbocycles. The van der Waals surface area contributed by atoms with Crippen molar-refractivity contribution in [2.45, 2.75) is 38.2 Å². The summed E-state index contributed by atoms with van der Waals surface area (Å²) in [5, 5.41) is 20.4. The maximum absolute atomic E-state index is 14.8. The van der Waals surface area contributed by atoms with Gasteiger partial charge in [0.2, 0.25) is 0 Å². The normalized spacial score (nSPS) is 15.1. The molecule has 2 heterocycles. The Balaban J connectivity index is 1.91. The Kier molecular flexibility index (Phi) is 5.24. The summed E-state index contributed by atoms with van der Waals surface area (Å²) in [6.45, 7) is 2.80. The molecule has 11 heteroatoms. The first-order valence-corrected chi connectivity index (χ1v) is 9.57. The van der Waals surface area contributed by atoms with Crippen LogP contribution in [-0.2, 0) is 18.3 Å². The highest BCUT2D eigenvalue weighted by molar-refractivity contribution is 5.82. The van der Waals surface area contributed by atoms with E-state index in [2.05, 4.69) is 15.2 Å². The van der Waals surface area contributed by atoms with Crippen LogP contribution < -0.4 is 0 Å². The lowest BCUT2D eigenvalue weighted by atomic mass is 9.86. The fourth-order valence-electron chi connectivity index (χ4n) is 3.81. The standard InChI is InChI=1S/C21H18F5N5O/c1-12-16-5-3-14(21(24,25)26)7-19(16)31(29-12)13(2)20(32,9-30-11-27-10-28-30)17-6-4-15(22)8-18(17)23/h3-8,10-11,13,32H,9H2,1-2H3/t13-,20-/m1/s1. The Morgan fingerprint density at radius 2 is 1.84 bits per heavy atom. The summed E-state index contributed by atoms with van der Waals surface area (Å²) in [7, 11) is 0. The highest BCUT2D eigenvalue weighted by Crippen LogP contribution is 2.39. The van der Waals surface area contributed by atoms with Gasteiger partial charge in [-0.2, -0.15) is 23.4 Å². The van der Waals surface area contributed by atoms with Crippen molar-refractivity contribution in [2.75, 3.05) is 0 Å². The molecule has 4 aromatic rings. The van der Waals surface area contributed by atoms with Crippen LogP contribution in [0.5, 0.6) is 0 Å². The predicted molar refractivity (Wildman–Crippen MR) is 104 cm³/mol. The zero-order valence-corrected chi connectivity index (χ0v) is 17.0. The highest BCUT2D eigenvalue weighted by Gasteiger charge is 2.42. The molecule has 0 fully saturated rings. The first-order chi connectivity index (χ1) is 15.0. The molecule has 0 aliphatic heterocycles. The number of halogens is 5. The van der Waals surface area contributed by atoms with Gasteiger partial charge in [-0.15, -0.1) is 0 Å². The minimum atomic E-state index is -4.58. The number of aliphatic hydroxyl groups is 1. The third kappa shape index (κ3) is 3.72. The molecule has 0 bridgehead atoms. The molecule has 0 spiro atoms. The van der Waals surface area contributed by atoms with Gasteiger partial charge < -0.3 is 5.11 Å². The van der Waals surface area contributed by atoms with Crippen molar-refractivity contribution >= 4 is 10.9 Å². The molecular formula is C21H18F5N5O. The average Bonchev–Trinajstić information content (AvgIpc) is 3.34. The third-order valence-corrected chi connectivity index (χ3v) is 5.54. The van der Waals surface area contributed by atoms with Gasteiger partial charge in [-0.3, -0.25) is 4.68 Å². The lowest BCUT2D eigenvalue weighted by Crippen LogP contribution is -2.41. The monoisotopic (exact) mass is 451 g/mol. The molecule has 6 nitrogen and oxygen atoms in total. The maximum atomic E-state index is 14.8. The Labute approximate surface area is 178 Å². The van der Waals surface area contributed by atoms with E-state index in [1.165, 1.54) is 35.0 Å². The van der Waals surface area contributed by atoms with Gasteiger partial charge in [0.1, 0.15) is 29.9 Å². The van der Waals surface area contributed by atoms with Crippen LogP contribution in [0.2, 0.25) is 0 Å². The van der Waals surface area contributed by atoms with Crippen LogP contribution in [0.4, 0.5) is 22.0 Å². The Morgan fingerprint density at radius 3 is 2.47 bits per heavy atom. The molecule has 0 radical (unpaired) electrons. The molecule has 0 saturated heterocycles. The van der Waals surface area contributed by atoms with Crippen molar-refractivity contribution in [1.82, 2.24) is 24.5 Å². The van der Waals surface area contributed by atoms with E-state index >= 15 is 0 Å². The number of benzene rings is 2. The zero-order chi connectivity index (χ0) is 23.3. The van der Waals surface area contributed by atoms with E-state index < -0.39 is 35.0 Å². The van der Waals surface area contributed by atoms with Crippen LogP contribution in [0.3, 0.4) is 0 Å². The number of hydrogen-bond donors (Lipinski definition) is 1. The Morgan fingerprint density at radius 1 is 1.09 bits per heavy atom. The number of alkyl halides is 3. The molecule has 0 aliphatic carbocycles. The summed E-state index contributed by atoms with van der Waals surface area (Å²) < 4.78 is 70.7.